The van der Waals surface area contributed by atoms with Crippen molar-refractivity contribution in [1.29, 1.82) is 0 Å². The molecule has 21 heavy (non-hydrogen) atoms. The Bertz CT molecular complexity index is 584. The molecule has 1 aromatic heterocycles. The van der Waals surface area contributed by atoms with Gasteiger partial charge in [-0.25, -0.2) is 4.98 Å². The maximum atomic E-state index is 12.2. The molecule has 0 aliphatic heterocycles. The van der Waals surface area contributed by atoms with Gasteiger partial charge in [0.1, 0.15) is 11.6 Å². The highest BCUT2D eigenvalue weighted by Gasteiger charge is 2.17. The van der Waals surface area contributed by atoms with Gasteiger partial charge in [-0.05, 0) is 18.1 Å². The predicted octanol–water partition coefficient (Wildman–Crippen LogP) is 3.38. The van der Waals surface area contributed by atoms with Gasteiger partial charge in [-0.3, -0.25) is 0 Å². The van der Waals surface area contributed by atoms with Crippen molar-refractivity contribution in [2.24, 2.45) is 11.7 Å². The third kappa shape index (κ3) is 3.78. The molecule has 0 saturated heterocycles. The number of aromatic amines is 1. The first-order chi connectivity index (χ1) is 10.0. The van der Waals surface area contributed by atoms with Gasteiger partial charge in [0.15, 0.2) is 0 Å². The van der Waals surface area contributed by atoms with Crippen molar-refractivity contribution in [3.63, 3.8) is 0 Å². The normalized spacial score (nSPS) is 12.9. The number of aromatic nitrogens is 2. The number of hydrogen-bond acceptors (Lipinski definition) is 3. The van der Waals surface area contributed by atoms with Crippen molar-refractivity contribution in [2.75, 3.05) is 6.54 Å². The number of alkyl halides is 2. The van der Waals surface area contributed by atoms with Crippen molar-refractivity contribution in [3.05, 3.63) is 36.3 Å². The summed E-state index contributed by atoms with van der Waals surface area (Å²) < 4.78 is 28.9. The number of ether oxygens (including phenoxy) is 1. The van der Waals surface area contributed by atoms with Crippen LogP contribution in [0.3, 0.4) is 0 Å². The fourth-order valence-corrected chi connectivity index (χ4v) is 2.21. The summed E-state index contributed by atoms with van der Waals surface area (Å²) in [5, 5.41) is 0. The molecule has 2 aromatic rings. The van der Waals surface area contributed by atoms with E-state index in [-0.39, 0.29) is 11.7 Å². The quantitative estimate of drug-likeness (QED) is 0.858. The number of H-pyrrole nitrogens is 1. The lowest BCUT2D eigenvalue weighted by Gasteiger charge is -2.15. The summed E-state index contributed by atoms with van der Waals surface area (Å²) in [6.45, 7) is 1.83. The van der Waals surface area contributed by atoms with Gasteiger partial charge in [0.25, 0.3) is 0 Å². The second-order valence-corrected chi connectivity index (χ2v) is 5.17. The Balaban J connectivity index is 2.25. The van der Waals surface area contributed by atoms with E-state index in [1.54, 1.807) is 18.3 Å². The minimum atomic E-state index is -2.83. The summed E-state index contributed by atoms with van der Waals surface area (Å²) in [5.74, 6) is 1.43. The molecular formula is C15H19F2N3O. The molecule has 6 heteroatoms. The molecule has 0 bridgehead atoms. The highest BCUT2D eigenvalue weighted by Crippen LogP contribution is 2.26. The number of halogens is 2. The van der Waals surface area contributed by atoms with Gasteiger partial charge in [0.2, 0.25) is 0 Å². The Morgan fingerprint density at radius 2 is 2.10 bits per heavy atom. The van der Waals surface area contributed by atoms with Crippen molar-refractivity contribution in [1.82, 2.24) is 9.97 Å². The van der Waals surface area contributed by atoms with Crippen molar-refractivity contribution < 1.29 is 13.5 Å². The number of hydrogen-bond donors (Lipinski definition) is 2. The smallest absolute Gasteiger partial charge is 0.387 e. The van der Waals surface area contributed by atoms with Crippen LogP contribution in [-0.2, 0) is 0 Å². The molecule has 0 amide bonds. The van der Waals surface area contributed by atoms with Gasteiger partial charge in [-0.15, -0.1) is 0 Å². The van der Waals surface area contributed by atoms with E-state index >= 15 is 0 Å². The van der Waals surface area contributed by atoms with Crippen LogP contribution in [0, 0.1) is 5.92 Å². The van der Waals surface area contributed by atoms with Crippen LogP contribution in [0.25, 0.3) is 11.3 Å². The Morgan fingerprint density at radius 1 is 1.33 bits per heavy atom. The second kappa shape index (κ2) is 6.67. The lowest BCUT2D eigenvalue weighted by molar-refractivity contribution is -0.0498. The zero-order valence-electron chi connectivity index (χ0n) is 12.0. The van der Waals surface area contributed by atoms with Crippen LogP contribution < -0.4 is 10.5 Å². The van der Waals surface area contributed by atoms with Gasteiger partial charge in [0, 0.05) is 18.0 Å². The number of nitrogens with two attached hydrogens (primary N) is 1. The summed E-state index contributed by atoms with van der Waals surface area (Å²) in [4.78, 5) is 7.56. The van der Waals surface area contributed by atoms with Gasteiger partial charge in [-0.1, -0.05) is 26.0 Å². The minimum Gasteiger partial charge on any atom is -0.435 e. The number of imidazole rings is 1. The highest BCUT2D eigenvalue weighted by atomic mass is 19.3. The predicted molar refractivity (Wildman–Crippen MR) is 77.3 cm³/mol. The van der Waals surface area contributed by atoms with Crippen molar-refractivity contribution in [3.8, 4) is 17.0 Å². The molecule has 1 heterocycles. The fourth-order valence-electron chi connectivity index (χ4n) is 2.21. The third-order valence-corrected chi connectivity index (χ3v) is 3.38. The van der Waals surface area contributed by atoms with E-state index in [0.29, 0.717) is 12.5 Å². The van der Waals surface area contributed by atoms with Crippen LogP contribution >= 0.6 is 0 Å². The van der Waals surface area contributed by atoms with Crippen LogP contribution in [-0.4, -0.2) is 23.1 Å². The van der Waals surface area contributed by atoms with E-state index < -0.39 is 6.61 Å². The Hall–Kier alpha value is -1.95. The molecule has 1 atom stereocenters. The monoisotopic (exact) mass is 295 g/mol. The summed E-state index contributed by atoms with van der Waals surface area (Å²) in [5.41, 5.74) is 7.26. The number of nitrogens with one attached hydrogen (secondary N) is 1. The second-order valence-electron chi connectivity index (χ2n) is 5.17. The molecule has 0 fully saturated rings. The van der Waals surface area contributed by atoms with E-state index in [9.17, 15) is 8.78 Å². The molecule has 0 aliphatic rings. The average Bonchev–Trinajstić information content (AvgIpc) is 2.88. The number of rotatable bonds is 6. The van der Waals surface area contributed by atoms with E-state index in [4.69, 9.17) is 5.73 Å². The van der Waals surface area contributed by atoms with Crippen molar-refractivity contribution >= 4 is 0 Å². The zero-order chi connectivity index (χ0) is 15.4. The van der Waals surface area contributed by atoms with Gasteiger partial charge < -0.3 is 15.5 Å². The van der Waals surface area contributed by atoms with E-state index in [1.807, 2.05) is 6.07 Å². The molecule has 1 unspecified atom stereocenters. The first-order valence-corrected chi connectivity index (χ1v) is 6.81. The van der Waals surface area contributed by atoms with Crippen LogP contribution in [0.1, 0.15) is 25.6 Å². The number of benzene rings is 1. The zero-order valence-corrected chi connectivity index (χ0v) is 12.0. The summed E-state index contributed by atoms with van der Waals surface area (Å²) in [7, 11) is 0. The Morgan fingerprint density at radius 3 is 2.71 bits per heavy atom. The Labute approximate surface area is 122 Å². The van der Waals surface area contributed by atoms with Gasteiger partial charge in [0.05, 0.1) is 11.9 Å². The van der Waals surface area contributed by atoms with Crippen LogP contribution in [0.15, 0.2) is 30.5 Å². The maximum absolute atomic E-state index is 12.2. The summed E-state index contributed by atoms with van der Waals surface area (Å²) >= 11 is 0. The molecule has 1 aromatic carbocycles. The Kier molecular flexibility index (Phi) is 4.90. The molecule has 0 spiro atoms. The maximum Gasteiger partial charge on any atom is 0.387 e. The van der Waals surface area contributed by atoms with Crippen LogP contribution in [0.2, 0.25) is 0 Å². The molecule has 0 radical (unpaired) electrons. The molecule has 4 nitrogen and oxygen atoms in total. The molecule has 3 N–H and O–H groups in total. The molecule has 0 aliphatic carbocycles. The first-order valence-electron chi connectivity index (χ1n) is 6.81. The van der Waals surface area contributed by atoms with Gasteiger partial charge in [-0.2, -0.15) is 8.78 Å². The molecule has 2 rings (SSSR count). The van der Waals surface area contributed by atoms with E-state index in [0.717, 1.165) is 17.1 Å². The van der Waals surface area contributed by atoms with Crippen LogP contribution in [0.5, 0.6) is 5.75 Å². The summed E-state index contributed by atoms with van der Waals surface area (Å²) in [6.07, 6.45) is 1.68. The third-order valence-electron chi connectivity index (χ3n) is 3.38. The van der Waals surface area contributed by atoms with Gasteiger partial charge >= 0.3 is 6.61 Å². The lowest BCUT2D eigenvalue weighted by Crippen LogP contribution is -2.19. The fraction of sp³-hybridized carbons (Fsp3) is 0.400. The van der Waals surface area contributed by atoms with E-state index in [1.165, 1.54) is 6.07 Å². The van der Waals surface area contributed by atoms with Crippen molar-refractivity contribution in [2.45, 2.75) is 26.4 Å². The standard InChI is InChI=1S/C15H19F2N3O/c1-9(2)12(7-18)14-19-8-13(20-14)10-4-3-5-11(6-10)21-15(16)17/h3-6,8-9,12,15H,7,18H2,1-2H3,(H,19,20). The highest BCUT2D eigenvalue weighted by molar-refractivity contribution is 5.60. The SMILES string of the molecule is CC(C)C(CN)c1ncc(-c2cccc(OC(F)F)c2)[nH]1. The first kappa shape index (κ1) is 15.4. The average molecular weight is 295 g/mol. The van der Waals surface area contributed by atoms with E-state index in [2.05, 4.69) is 28.6 Å². The topological polar surface area (TPSA) is 63.9 Å². The molecule has 0 saturated carbocycles. The minimum absolute atomic E-state index is 0.123. The van der Waals surface area contributed by atoms with Crippen LogP contribution in [0.4, 0.5) is 8.78 Å². The largest absolute Gasteiger partial charge is 0.435 e. The lowest BCUT2D eigenvalue weighted by atomic mass is 9.95. The number of nitrogens with zero attached hydrogens (tertiary/aromatic N) is 1. The molecule has 114 valence electrons. The molecular weight excluding hydrogens is 276 g/mol. The summed E-state index contributed by atoms with van der Waals surface area (Å²) in [6, 6.07) is 6.51.